The molecule has 4 heteroatoms. The number of nitriles is 2. The average Bonchev–Trinajstić information content (AvgIpc) is 1.37. The van der Waals surface area contributed by atoms with E-state index >= 15 is 0 Å². The topological polar surface area (TPSA) is 47.6 Å². The van der Waals surface area contributed by atoms with Crippen LogP contribution in [0.5, 0.6) is 0 Å². The Labute approximate surface area is 90.9 Å². The molecule has 2 nitrogen and oxygen atoms in total. The molecule has 0 unspecified atom stereocenters. The van der Waals surface area contributed by atoms with Crippen LogP contribution in [0.1, 0.15) is 0 Å². The van der Waals surface area contributed by atoms with E-state index in [1.165, 1.54) is 12.1 Å². The van der Waals surface area contributed by atoms with E-state index in [9.17, 15) is 0 Å². The van der Waals surface area contributed by atoms with Gasteiger partial charge in [-0.1, -0.05) is 0 Å². The first-order chi connectivity index (χ1) is 1.91. The zero-order valence-corrected chi connectivity index (χ0v) is 9.63. The summed E-state index contributed by atoms with van der Waals surface area (Å²) in [7, 11) is 0. The van der Waals surface area contributed by atoms with Crippen molar-refractivity contribution in [1.29, 1.82) is 10.5 Å². The van der Waals surface area contributed by atoms with Crippen LogP contribution in [0.3, 0.4) is 0 Å². The molecule has 30 valence electrons. The standard InChI is InChI=1S/C2N2.Ba.Pt/c3-1-2-4;;. The van der Waals surface area contributed by atoms with Crippen molar-refractivity contribution in [2.45, 2.75) is 0 Å². The molecule has 0 amide bonds. The Morgan fingerprint density at radius 1 is 1.00 bits per heavy atom. The maximum Gasteiger partial charge on any atom is 0.181 e. The van der Waals surface area contributed by atoms with Crippen LogP contribution in [0.2, 0.25) is 0 Å². The second-order valence-corrected chi connectivity index (χ2v) is 0.224. The first kappa shape index (κ1) is 15.7. The van der Waals surface area contributed by atoms with Crippen LogP contribution in [0.25, 0.3) is 0 Å². The minimum atomic E-state index is 0. The molecule has 0 aromatic carbocycles. The van der Waals surface area contributed by atoms with Crippen LogP contribution in [0, 0.1) is 22.7 Å². The summed E-state index contributed by atoms with van der Waals surface area (Å²) in [5.41, 5.74) is 0. The summed E-state index contributed by atoms with van der Waals surface area (Å²) in [4.78, 5) is 0. The molecule has 0 saturated carbocycles. The summed E-state index contributed by atoms with van der Waals surface area (Å²) >= 11 is 0. The molecule has 0 heterocycles. The normalized spacial score (nSPS) is 1.67. The minimum Gasteiger partial charge on any atom is -0.181 e. The van der Waals surface area contributed by atoms with Gasteiger partial charge in [0.2, 0.25) is 0 Å². The summed E-state index contributed by atoms with van der Waals surface area (Å²) in [5, 5.41) is 14.5. The van der Waals surface area contributed by atoms with E-state index < -0.39 is 0 Å². The minimum absolute atomic E-state index is 0. The van der Waals surface area contributed by atoms with Gasteiger partial charge >= 0.3 is 0 Å². The molecule has 2 radical (unpaired) electrons. The summed E-state index contributed by atoms with van der Waals surface area (Å²) in [5.74, 6) is 0. The van der Waals surface area contributed by atoms with E-state index in [2.05, 4.69) is 0 Å². The van der Waals surface area contributed by atoms with Crippen LogP contribution in [-0.2, 0) is 21.1 Å². The second-order valence-electron chi connectivity index (χ2n) is 0.224. The quantitative estimate of drug-likeness (QED) is 0.536. The molecule has 0 bridgehead atoms. The van der Waals surface area contributed by atoms with Gasteiger partial charge in [-0.3, -0.25) is 0 Å². The molecule has 6 heavy (non-hydrogen) atoms. The Hall–Kier alpha value is 1.24. The largest absolute Gasteiger partial charge is 0.181 e. The van der Waals surface area contributed by atoms with Crippen LogP contribution in [-0.4, -0.2) is 48.9 Å². The monoisotopic (exact) mass is 385 g/mol. The maximum atomic E-state index is 7.26. The summed E-state index contributed by atoms with van der Waals surface area (Å²) in [6, 6.07) is 2.47. The van der Waals surface area contributed by atoms with Crippen molar-refractivity contribution >= 4 is 48.9 Å². The number of hydrogen-bond acceptors (Lipinski definition) is 2. The van der Waals surface area contributed by atoms with Crippen molar-refractivity contribution in [3.05, 3.63) is 0 Å². The Bertz CT molecular complexity index is 66.5. The van der Waals surface area contributed by atoms with E-state index in [0.29, 0.717) is 0 Å². The van der Waals surface area contributed by atoms with Crippen molar-refractivity contribution in [2.24, 2.45) is 0 Å². The van der Waals surface area contributed by atoms with Gasteiger partial charge in [-0.15, -0.1) is 0 Å². The number of hydrogen-bond donors (Lipinski definition) is 0. The van der Waals surface area contributed by atoms with Crippen molar-refractivity contribution in [1.82, 2.24) is 0 Å². The first-order valence-electron chi connectivity index (χ1n) is 0.697. The molecule has 0 aromatic heterocycles. The smallest absolute Gasteiger partial charge is 0.181 e. The fourth-order valence-electron chi connectivity index (χ4n) is 0. The predicted molar refractivity (Wildman–Crippen MR) is 17.0 cm³/mol. The third-order valence-corrected chi connectivity index (χ3v) is 0.0500. The van der Waals surface area contributed by atoms with E-state index in [1.807, 2.05) is 0 Å². The molecule has 0 aromatic rings. The van der Waals surface area contributed by atoms with Crippen LogP contribution in [0.4, 0.5) is 0 Å². The molecule has 0 aliphatic rings. The Kier molecular flexibility index (Phi) is 42.7. The molecular formula is C2BaN2Pt. The third-order valence-electron chi connectivity index (χ3n) is 0.0500. The Morgan fingerprint density at radius 2 is 1.17 bits per heavy atom. The van der Waals surface area contributed by atoms with Gasteiger partial charge in [-0.05, 0) is 0 Å². The second kappa shape index (κ2) is 16.3. The molecular weight excluding hydrogens is 384 g/mol. The summed E-state index contributed by atoms with van der Waals surface area (Å²) in [6.07, 6.45) is 0. The zero-order chi connectivity index (χ0) is 3.41. The maximum absolute atomic E-state index is 7.26. The molecule has 0 atom stereocenters. The van der Waals surface area contributed by atoms with Crippen LogP contribution >= 0.6 is 0 Å². The van der Waals surface area contributed by atoms with Gasteiger partial charge in [0.15, 0.2) is 12.1 Å². The SMILES string of the molecule is N#CC#N.[Ba].[Pt]. The zero-order valence-electron chi connectivity index (χ0n) is 2.92. The van der Waals surface area contributed by atoms with E-state index in [4.69, 9.17) is 10.5 Å². The summed E-state index contributed by atoms with van der Waals surface area (Å²) < 4.78 is 0. The molecule has 0 fully saturated rings. The van der Waals surface area contributed by atoms with Gasteiger partial charge in [-0.25, -0.2) is 0 Å². The molecule has 0 rings (SSSR count). The van der Waals surface area contributed by atoms with Crippen molar-refractivity contribution in [3.8, 4) is 12.1 Å². The average molecular weight is 384 g/mol. The van der Waals surface area contributed by atoms with Gasteiger partial charge in [0.05, 0.1) is 0 Å². The van der Waals surface area contributed by atoms with Crippen LogP contribution < -0.4 is 0 Å². The van der Waals surface area contributed by atoms with Gasteiger partial charge < -0.3 is 0 Å². The molecule has 0 saturated heterocycles. The van der Waals surface area contributed by atoms with Crippen molar-refractivity contribution in [2.75, 3.05) is 0 Å². The fraction of sp³-hybridized carbons (Fsp3) is 0. The fourth-order valence-corrected chi connectivity index (χ4v) is 0. The van der Waals surface area contributed by atoms with E-state index in [-0.39, 0.29) is 69.9 Å². The summed E-state index contributed by atoms with van der Waals surface area (Å²) in [6.45, 7) is 0. The van der Waals surface area contributed by atoms with Gasteiger partial charge in [-0.2, -0.15) is 10.5 Å². The Morgan fingerprint density at radius 3 is 1.17 bits per heavy atom. The van der Waals surface area contributed by atoms with Gasteiger partial charge in [0.1, 0.15) is 0 Å². The molecule has 0 spiro atoms. The van der Waals surface area contributed by atoms with Crippen LogP contribution in [0.15, 0.2) is 0 Å². The van der Waals surface area contributed by atoms with Gasteiger partial charge in [0, 0.05) is 69.9 Å². The molecule has 0 aliphatic heterocycles. The third kappa shape index (κ3) is 18.8. The Balaban J connectivity index is -0.0000000450. The predicted octanol–water partition coefficient (Wildman–Crippen LogP) is -0.350. The number of rotatable bonds is 0. The van der Waals surface area contributed by atoms with Crippen molar-refractivity contribution < 1.29 is 21.1 Å². The van der Waals surface area contributed by atoms with Crippen molar-refractivity contribution in [3.63, 3.8) is 0 Å². The van der Waals surface area contributed by atoms with Gasteiger partial charge in [0.25, 0.3) is 0 Å². The van der Waals surface area contributed by atoms with E-state index in [1.54, 1.807) is 0 Å². The first-order valence-corrected chi connectivity index (χ1v) is 0.697. The number of nitrogens with zero attached hydrogens (tertiary/aromatic N) is 2. The molecule has 0 N–H and O–H groups in total. The molecule has 0 aliphatic carbocycles. The van der Waals surface area contributed by atoms with E-state index in [0.717, 1.165) is 0 Å².